The number of hydrogen-bond acceptors (Lipinski definition) is 4. The molecule has 0 aromatic heterocycles. The van der Waals surface area contributed by atoms with E-state index in [2.05, 4.69) is 17.0 Å². The number of alkyl halides is 6. The molecule has 2 atom stereocenters. The van der Waals surface area contributed by atoms with Crippen molar-refractivity contribution in [3.8, 4) is 11.5 Å². The summed E-state index contributed by atoms with van der Waals surface area (Å²) in [7, 11) is 0. The van der Waals surface area contributed by atoms with Crippen molar-refractivity contribution in [3.05, 3.63) is 129 Å². The van der Waals surface area contributed by atoms with Gasteiger partial charge in [0.05, 0.1) is 29.8 Å². The molecule has 64 heavy (non-hydrogen) atoms. The molecule has 2 aliphatic carbocycles. The highest BCUT2D eigenvalue weighted by Crippen LogP contribution is 2.47. The van der Waals surface area contributed by atoms with Crippen LogP contribution in [0.3, 0.4) is 0 Å². The summed E-state index contributed by atoms with van der Waals surface area (Å²) < 4.78 is 87.8. The monoisotopic (exact) mass is 940 g/mol. The summed E-state index contributed by atoms with van der Waals surface area (Å²) in [6.07, 6.45) is 5.81. The van der Waals surface area contributed by atoms with Crippen molar-refractivity contribution < 1.29 is 46.7 Å². The minimum Gasteiger partial charge on any atom is -0.494 e. The van der Waals surface area contributed by atoms with Crippen LogP contribution in [-0.2, 0) is 28.0 Å². The Morgan fingerprint density at radius 1 is 0.594 bits per heavy atom. The summed E-state index contributed by atoms with van der Waals surface area (Å²) in [5, 5.41) is 1.43. The summed E-state index contributed by atoms with van der Waals surface area (Å²) >= 11 is 12.1. The van der Waals surface area contributed by atoms with Gasteiger partial charge >= 0.3 is 12.4 Å². The normalized spacial score (nSPS) is 20.7. The molecule has 5 nitrogen and oxygen atoms in total. The zero-order valence-corrected chi connectivity index (χ0v) is 37.4. The zero-order valence-electron chi connectivity index (χ0n) is 35.9. The highest BCUT2D eigenvalue weighted by Gasteiger charge is 2.49. The predicted molar refractivity (Wildman–Crippen MR) is 240 cm³/mol. The lowest BCUT2D eigenvalue weighted by atomic mass is 9.63. The van der Waals surface area contributed by atoms with E-state index in [1.807, 2.05) is 41.3 Å². The van der Waals surface area contributed by atoms with Gasteiger partial charge in [0.25, 0.3) is 0 Å². The van der Waals surface area contributed by atoms with Gasteiger partial charge in [-0.2, -0.15) is 26.3 Å². The SMILES string of the molecule is F.FC(F)(F)c1ccc(OCCC2CCCCN2CC2(c3ccc(Cl)cc3)CCC2)cc1.O=C(N1CCCCC1CCOc1ccc(C(F)(F)F)cc1)C1(c2ccc(Cl)cc2)CCC1.[3HH]. The van der Waals surface area contributed by atoms with Crippen LogP contribution in [0.4, 0.5) is 31.0 Å². The molecule has 2 aliphatic heterocycles. The largest absolute Gasteiger partial charge is 0.494 e. The average molecular weight is 942 g/mol. The van der Waals surface area contributed by atoms with Crippen LogP contribution in [0.15, 0.2) is 97.1 Å². The van der Waals surface area contributed by atoms with Crippen LogP contribution in [0.2, 0.25) is 10.0 Å². The van der Waals surface area contributed by atoms with E-state index in [0.29, 0.717) is 42.2 Å². The molecule has 4 aliphatic rings. The second-order valence-corrected chi connectivity index (χ2v) is 18.5. The molecule has 0 N–H and O–H groups in total. The summed E-state index contributed by atoms with van der Waals surface area (Å²) in [5.41, 5.74) is 0.827. The molecule has 2 saturated heterocycles. The molecule has 2 saturated carbocycles. The van der Waals surface area contributed by atoms with Crippen LogP contribution < -0.4 is 9.47 Å². The number of benzene rings is 4. The fourth-order valence-corrected chi connectivity index (χ4v) is 10.1. The molecule has 0 radical (unpaired) electrons. The van der Waals surface area contributed by atoms with Gasteiger partial charge in [0, 0.05) is 48.5 Å². The van der Waals surface area contributed by atoms with Gasteiger partial charge in [-0.15, -0.1) is 0 Å². The first-order valence-electron chi connectivity index (χ1n) is 22.3. The maximum Gasteiger partial charge on any atom is 0.416 e. The molecular weight excluding hydrogens is 880 g/mol. The minimum atomic E-state index is -4.36. The number of carbonyl (C=O) groups excluding carboxylic acids is 1. The predicted octanol–water partition coefficient (Wildman–Crippen LogP) is 14.1. The number of ether oxygens (including phenoxy) is 2. The van der Waals surface area contributed by atoms with E-state index in [1.165, 1.54) is 61.9 Å². The highest BCUT2D eigenvalue weighted by atomic mass is 35.5. The number of piperidine rings is 2. The highest BCUT2D eigenvalue weighted by molar-refractivity contribution is 6.30. The third kappa shape index (κ3) is 12.1. The molecule has 0 spiro atoms. The van der Waals surface area contributed by atoms with E-state index >= 15 is 0 Å². The Balaban J connectivity index is 0.000000237. The summed E-state index contributed by atoms with van der Waals surface area (Å²) in [6, 6.07) is 26.2. The van der Waals surface area contributed by atoms with Gasteiger partial charge in [0.1, 0.15) is 11.5 Å². The Morgan fingerprint density at radius 3 is 1.50 bits per heavy atom. The first-order valence-corrected chi connectivity index (χ1v) is 23.1. The topological polar surface area (TPSA) is 42.0 Å². The maximum atomic E-state index is 13.7. The summed E-state index contributed by atoms with van der Waals surface area (Å²) in [5.74, 6) is 1.08. The number of carbonyl (C=O) groups is 1. The fraction of sp³-hybridized carbons (Fsp3) is 0.500. The van der Waals surface area contributed by atoms with Crippen LogP contribution in [0.5, 0.6) is 11.5 Å². The van der Waals surface area contributed by atoms with Crippen molar-refractivity contribution in [1.82, 2.24) is 9.80 Å². The number of nitrogens with zero attached hydrogens (tertiary/aromatic N) is 2. The number of halogens is 9. The van der Waals surface area contributed by atoms with Gasteiger partial charge in [-0.3, -0.25) is 14.4 Å². The Labute approximate surface area is 383 Å². The molecular formula is C50H59Cl2F7N2O3. The minimum absolute atomic E-state index is 0. The first kappa shape index (κ1) is 49.4. The molecule has 1 amide bonds. The second kappa shape index (κ2) is 21.5. The molecule has 2 heterocycles. The quantitative estimate of drug-likeness (QED) is 0.125. The fourth-order valence-electron chi connectivity index (χ4n) is 9.80. The number of hydrogen-bond donors (Lipinski definition) is 0. The van der Waals surface area contributed by atoms with Crippen LogP contribution in [0, 0.1) is 0 Å². The Morgan fingerprint density at radius 2 is 1.05 bits per heavy atom. The molecule has 8 rings (SSSR count). The van der Waals surface area contributed by atoms with Crippen LogP contribution in [0.25, 0.3) is 0 Å². The average Bonchev–Trinajstić information content (AvgIpc) is 3.23. The molecule has 4 aromatic rings. The van der Waals surface area contributed by atoms with Gasteiger partial charge in [-0.25, -0.2) is 0 Å². The van der Waals surface area contributed by atoms with Crippen molar-refractivity contribution in [2.75, 3.05) is 32.8 Å². The van der Waals surface area contributed by atoms with Crippen molar-refractivity contribution in [2.24, 2.45) is 0 Å². The smallest absolute Gasteiger partial charge is 0.416 e. The Hall–Kier alpha value is -4.00. The number of rotatable bonds is 13. The van der Waals surface area contributed by atoms with Crippen LogP contribution in [-0.4, -0.2) is 60.6 Å². The molecule has 4 fully saturated rings. The summed E-state index contributed by atoms with van der Waals surface area (Å²) in [6.45, 7) is 3.76. The van der Waals surface area contributed by atoms with Crippen molar-refractivity contribution in [3.63, 3.8) is 0 Å². The number of amides is 1. The second-order valence-electron chi connectivity index (χ2n) is 17.7. The number of likely N-dealkylation sites (tertiary alicyclic amines) is 2. The van der Waals surface area contributed by atoms with Gasteiger partial charge in [0.2, 0.25) is 5.91 Å². The Kier molecular flexibility index (Phi) is 16.6. The van der Waals surface area contributed by atoms with Crippen molar-refractivity contribution >= 4 is 29.1 Å². The Bertz CT molecular complexity index is 2080. The van der Waals surface area contributed by atoms with Gasteiger partial charge < -0.3 is 14.4 Å². The van der Waals surface area contributed by atoms with Gasteiger partial charge in [-0.05, 0) is 155 Å². The molecule has 0 bridgehead atoms. The third-order valence-corrected chi connectivity index (χ3v) is 14.2. The van der Waals surface area contributed by atoms with E-state index in [1.54, 1.807) is 0 Å². The lowest BCUT2D eigenvalue weighted by molar-refractivity contribution is -0.145. The molecule has 2 unspecified atom stereocenters. The zero-order chi connectivity index (χ0) is 44.7. The van der Waals surface area contributed by atoms with Crippen molar-refractivity contribution in [2.45, 2.75) is 125 Å². The lowest BCUT2D eigenvalue weighted by Crippen LogP contribution is -2.55. The van der Waals surface area contributed by atoms with Gasteiger partial charge in [-0.1, -0.05) is 66.7 Å². The standard InChI is InChI=1S/C25H27ClF3NO2.C25H29ClF3NO.FH.H2/c26-20-9-5-18(6-10-20)24(14-3-15-24)23(31)30-16-2-1-4-21(30)13-17-32-22-11-7-19(8-12-22)25(27,28)29;26-21-9-5-19(6-10-21)24(14-3-15-24)18-30-16-2-1-4-22(30)13-17-31-23-11-7-20(8-12-23)25(27,28)29;;/h5-12,21H,1-4,13-17H2;5-12,22H,1-4,13-18H2;2*1H/i;;;1+2. The van der Waals surface area contributed by atoms with E-state index in [0.717, 1.165) is 106 Å². The van der Waals surface area contributed by atoms with Crippen molar-refractivity contribution in [1.29, 1.82) is 0 Å². The van der Waals surface area contributed by atoms with E-state index in [9.17, 15) is 31.1 Å². The van der Waals surface area contributed by atoms with Crippen LogP contribution >= 0.6 is 23.2 Å². The molecule has 350 valence electrons. The van der Waals surface area contributed by atoms with Gasteiger partial charge in [0.15, 0.2) is 0 Å². The van der Waals surface area contributed by atoms with E-state index < -0.39 is 28.9 Å². The third-order valence-electron chi connectivity index (χ3n) is 13.7. The molecule has 14 heteroatoms. The van der Waals surface area contributed by atoms with E-state index in [-0.39, 0.29) is 23.5 Å². The molecule has 4 aromatic carbocycles. The summed E-state index contributed by atoms with van der Waals surface area (Å²) in [4.78, 5) is 18.3. The first-order chi connectivity index (χ1) is 30.1. The van der Waals surface area contributed by atoms with Crippen LogP contribution in [0.1, 0.15) is 114 Å². The lowest BCUT2D eigenvalue weighted by Gasteiger charge is -2.48. The maximum absolute atomic E-state index is 13.7. The van der Waals surface area contributed by atoms with E-state index in [4.69, 9.17) is 32.7 Å².